The fourth-order valence-corrected chi connectivity index (χ4v) is 9.14. The first kappa shape index (κ1) is 35.6. The van der Waals surface area contributed by atoms with Crippen LogP contribution in [-0.4, -0.2) is 82.2 Å². The van der Waals surface area contributed by atoms with Crippen molar-refractivity contribution in [2.75, 3.05) is 19.8 Å². The molecule has 0 radical (unpaired) electrons. The zero-order valence-corrected chi connectivity index (χ0v) is 27.9. The molecule has 10 nitrogen and oxygen atoms in total. The summed E-state index contributed by atoms with van der Waals surface area (Å²) in [6, 6.07) is 0. The van der Waals surface area contributed by atoms with Gasteiger partial charge in [0, 0.05) is 31.3 Å². The first-order valence-corrected chi connectivity index (χ1v) is 18.3. The van der Waals surface area contributed by atoms with E-state index in [0.29, 0.717) is 43.1 Å². The maximum Gasteiger partial charge on any atom is 0.350 e. The number of ether oxygens (including phenoxy) is 2. The van der Waals surface area contributed by atoms with Crippen molar-refractivity contribution < 1.29 is 44.5 Å². The monoisotopic (exact) mass is 647 g/mol. The van der Waals surface area contributed by atoms with Gasteiger partial charge in [-0.25, -0.2) is 4.79 Å². The Labute approximate surface area is 274 Å². The molecule has 8 atom stereocenters. The molecule has 8 unspecified atom stereocenters. The van der Waals surface area contributed by atoms with Crippen LogP contribution in [0.25, 0.3) is 0 Å². The van der Waals surface area contributed by atoms with Crippen molar-refractivity contribution in [2.45, 2.75) is 152 Å². The van der Waals surface area contributed by atoms with Gasteiger partial charge in [0.05, 0.1) is 19.3 Å². The molecule has 0 spiro atoms. The molecule has 2 saturated heterocycles. The van der Waals surface area contributed by atoms with Gasteiger partial charge in [0.1, 0.15) is 12.3 Å². The third-order valence-electron chi connectivity index (χ3n) is 12.1. The van der Waals surface area contributed by atoms with Gasteiger partial charge in [-0.15, -0.1) is 0 Å². The summed E-state index contributed by atoms with van der Waals surface area (Å²) in [6.45, 7) is 2.53. The second-order valence-electron chi connectivity index (χ2n) is 15.1. The number of aliphatic hydroxyl groups is 3. The standard InChI is InChI=1S/C36H58N2O8/c1-23(13-14-25-17-18-38-31(37)20-25)26(22-40)21-35-32(42)27-10-5-6-11-28(27)33(43)36(35,46-35)34(44)45-30(12-7-19-39)29(41)16-15-24-8-3-2-4-9-24/h24-25,27-31,38-41H,2-22,37H2,1H3/p+1. The summed E-state index contributed by atoms with van der Waals surface area (Å²) in [5.41, 5.74) is 3.97. The van der Waals surface area contributed by atoms with E-state index in [1.54, 1.807) is 0 Å². The molecule has 3 saturated carbocycles. The SMILES string of the molecule is CC(CCC1CC[NH2+]C(N)C1)=C(CO)CC12OC1(C(=O)OC(CCCO)C(O)CCC1CCCCC1)C(=O)C1CCCCC1C2=O. The second-order valence-corrected chi connectivity index (χ2v) is 15.1. The fourth-order valence-electron chi connectivity index (χ4n) is 9.14. The van der Waals surface area contributed by atoms with E-state index in [1.807, 2.05) is 6.92 Å². The van der Waals surface area contributed by atoms with E-state index in [9.17, 15) is 29.7 Å². The summed E-state index contributed by atoms with van der Waals surface area (Å²) in [5.74, 6) is -1.59. The van der Waals surface area contributed by atoms with E-state index in [0.717, 1.165) is 69.9 Å². The molecule has 10 heteroatoms. The van der Waals surface area contributed by atoms with Gasteiger partial charge in [0.25, 0.3) is 5.60 Å². The number of aliphatic hydroxyl groups excluding tert-OH is 3. The lowest BCUT2D eigenvalue weighted by atomic mass is 9.60. The molecule has 5 aliphatic rings. The lowest BCUT2D eigenvalue weighted by Crippen LogP contribution is -2.94. The van der Waals surface area contributed by atoms with Crippen molar-refractivity contribution in [2.24, 2.45) is 29.4 Å². The number of carbonyl (C=O) groups excluding carboxylic acids is 3. The molecule has 3 aliphatic carbocycles. The largest absolute Gasteiger partial charge is 0.457 e. The van der Waals surface area contributed by atoms with E-state index in [-0.39, 0.29) is 43.8 Å². The number of hydrogen-bond donors (Lipinski definition) is 5. The van der Waals surface area contributed by atoms with Crippen LogP contribution in [0.3, 0.4) is 0 Å². The van der Waals surface area contributed by atoms with Crippen molar-refractivity contribution in [1.82, 2.24) is 0 Å². The van der Waals surface area contributed by atoms with Gasteiger partial charge in [-0.05, 0) is 82.1 Å². The molecular weight excluding hydrogens is 588 g/mol. The fraction of sp³-hybridized carbons (Fsp3) is 0.861. The smallest absolute Gasteiger partial charge is 0.350 e. The lowest BCUT2D eigenvalue weighted by Gasteiger charge is -2.37. The van der Waals surface area contributed by atoms with Gasteiger partial charge >= 0.3 is 5.97 Å². The Morgan fingerprint density at radius 1 is 0.978 bits per heavy atom. The molecular formula is C36H59N2O8+. The van der Waals surface area contributed by atoms with Crippen LogP contribution in [0.15, 0.2) is 11.1 Å². The maximum absolute atomic E-state index is 14.3. The molecule has 46 heavy (non-hydrogen) atoms. The Hall–Kier alpha value is -1.69. The first-order valence-electron chi connectivity index (χ1n) is 18.3. The minimum Gasteiger partial charge on any atom is -0.457 e. The van der Waals surface area contributed by atoms with Crippen molar-refractivity contribution in [3.63, 3.8) is 0 Å². The molecule has 260 valence electrons. The molecule has 2 heterocycles. The highest BCUT2D eigenvalue weighted by Crippen LogP contribution is 2.62. The Kier molecular flexibility index (Phi) is 12.1. The predicted molar refractivity (Wildman–Crippen MR) is 171 cm³/mol. The number of ketones is 2. The average Bonchev–Trinajstić information content (AvgIpc) is 3.78. The molecule has 2 aliphatic heterocycles. The van der Waals surface area contributed by atoms with Crippen LogP contribution in [0.1, 0.15) is 122 Å². The van der Waals surface area contributed by atoms with Gasteiger partial charge < -0.3 is 30.1 Å². The van der Waals surface area contributed by atoms with Gasteiger partial charge in [-0.3, -0.25) is 15.3 Å². The molecule has 0 aromatic rings. The van der Waals surface area contributed by atoms with Gasteiger partial charge in [0.2, 0.25) is 0 Å². The number of quaternary nitrogens is 1. The van der Waals surface area contributed by atoms with E-state index in [1.165, 1.54) is 19.3 Å². The third kappa shape index (κ3) is 7.32. The molecule has 5 rings (SSSR count). The van der Waals surface area contributed by atoms with E-state index >= 15 is 0 Å². The summed E-state index contributed by atoms with van der Waals surface area (Å²) in [4.78, 5) is 42.7. The molecule has 0 bridgehead atoms. The van der Waals surface area contributed by atoms with Crippen LogP contribution in [0.2, 0.25) is 0 Å². The average molecular weight is 648 g/mol. The van der Waals surface area contributed by atoms with E-state index in [4.69, 9.17) is 15.2 Å². The van der Waals surface area contributed by atoms with Crippen LogP contribution >= 0.6 is 0 Å². The van der Waals surface area contributed by atoms with Crippen LogP contribution in [0.4, 0.5) is 0 Å². The Balaban J connectivity index is 1.36. The number of epoxide rings is 1. The summed E-state index contributed by atoms with van der Waals surface area (Å²) >= 11 is 0. The molecule has 0 amide bonds. The number of fused-ring (bicyclic) bond motifs is 2. The number of allylic oxidation sites excluding steroid dienone is 1. The minimum absolute atomic E-state index is 0.0261. The number of nitrogens with two attached hydrogens (primary N) is 2. The summed E-state index contributed by atoms with van der Waals surface area (Å²) in [7, 11) is 0. The zero-order valence-electron chi connectivity index (χ0n) is 27.9. The molecule has 7 N–H and O–H groups in total. The molecule has 5 fully saturated rings. The van der Waals surface area contributed by atoms with E-state index < -0.39 is 41.2 Å². The number of Topliss-reactive ketones (excluding diaryl/α,β-unsaturated/α-hetero) is 2. The number of hydrogen-bond acceptors (Lipinski definition) is 9. The van der Waals surface area contributed by atoms with Crippen LogP contribution in [-0.2, 0) is 23.9 Å². The molecule has 0 aromatic heterocycles. The summed E-state index contributed by atoms with van der Waals surface area (Å²) in [6.07, 6.45) is 12.4. The van der Waals surface area contributed by atoms with Crippen molar-refractivity contribution in [3.8, 4) is 0 Å². The second kappa shape index (κ2) is 15.7. The van der Waals surface area contributed by atoms with Gasteiger partial charge in [0.15, 0.2) is 17.2 Å². The quantitative estimate of drug-likeness (QED) is 0.0774. The molecule has 0 aromatic carbocycles. The van der Waals surface area contributed by atoms with Gasteiger partial charge in [-0.2, -0.15) is 0 Å². The minimum atomic E-state index is -2.06. The Morgan fingerprint density at radius 2 is 1.67 bits per heavy atom. The highest BCUT2D eigenvalue weighted by Gasteiger charge is 2.87. The lowest BCUT2D eigenvalue weighted by molar-refractivity contribution is -0.699. The number of piperidine rings is 1. The van der Waals surface area contributed by atoms with Gasteiger partial charge in [-0.1, -0.05) is 50.5 Å². The Morgan fingerprint density at radius 3 is 2.35 bits per heavy atom. The summed E-state index contributed by atoms with van der Waals surface area (Å²) < 4.78 is 12.2. The third-order valence-corrected chi connectivity index (χ3v) is 12.1. The van der Waals surface area contributed by atoms with Crippen molar-refractivity contribution in [1.29, 1.82) is 0 Å². The highest BCUT2D eigenvalue weighted by molar-refractivity contribution is 6.23. The first-order chi connectivity index (χ1) is 22.2. The highest BCUT2D eigenvalue weighted by atomic mass is 16.7. The number of esters is 1. The topological polar surface area (TPSA) is 176 Å². The predicted octanol–water partition coefficient (Wildman–Crippen LogP) is 2.60. The van der Waals surface area contributed by atoms with Crippen LogP contribution in [0, 0.1) is 23.7 Å². The van der Waals surface area contributed by atoms with Crippen molar-refractivity contribution in [3.05, 3.63) is 11.1 Å². The number of rotatable bonds is 15. The van der Waals surface area contributed by atoms with Crippen LogP contribution < -0.4 is 11.1 Å². The normalized spacial score (nSPS) is 35.1. The zero-order chi connectivity index (χ0) is 32.9. The van der Waals surface area contributed by atoms with E-state index in [2.05, 4.69) is 5.32 Å². The summed E-state index contributed by atoms with van der Waals surface area (Å²) in [5, 5.41) is 33.5. The van der Waals surface area contributed by atoms with Crippen molar-refractivity contribution >= 4 is 17.5 Å². The number of carbonyl (C=O) groups is 3. The van der Waals surface area contributed by atoms with Crippen LogP contribution in [0.5, 0.6) is 0 Å². The maximum atomic E-state index is 14.3. The Bertz CT molecular complexity index is 1120.